The average Bonchev–Trinajstić information content (AvgIpc) is 1.87. The summed E-state index contributed by atoms with van der Waals surface area (Å²) in [5.74, 6) is 1.57. The summed E-state index contributed by atoms with van der Waals surface area (Å²) in [5, 5.41) is 0. The van der Waals surface area contributed by atoms with E-state index in [-0.39, 0.29) is 0 Å². The molecule has 0 amide bonds. The van der Waals surface area contributed by atoms with E-state index >= 15 is 0 Å². The molecule has 60 valence electrons. The van der Waals surface area contributed by atoms with Crippen LogP contribution in [0.25, 0.3) is 0 Å². The van der Waals surface area contributed by atoms with Crippen LogP contribution in [0.15, 0.2) is 12.7 Å². The summed E-state index contributed by atoms with van der Waals surface area (Å²) in [6.07, 6.45) is 6.06. The first-order valence-corrected chi connectivity index (χ1v) is 4.29. The average molecular weight is 140 g/mol. The SMILES string of the molecule is C=C[C@H](C)CCCC(C)C. The highest BCUT2D eigenvalue weighted by Crippen LogP contribution is 2.12. The van der Waals surface area contributed by atoms with Crippen molar-refractivity contribution in [2.75, 3.05) is 0 Å². The van der Waals surface area contributed by atoms with Gasteiger partial charge in [-0.2, -0.15) is 0 Å². The van der Waals surface area contributed by atoms with Crippen molar-refractivity contribution in [3.63, 3.8) is 0 Å². The molecule has 0 aliphatic carbocycles. The fraction of sp³-hybridized carbons (Fsp3) is 0.800. The molecule has 0 bridgehead atoms. The summed E-state index contributed by atoms with van der Waals surface area (Å²) < 4.78 is 0. The first kappa shape index (κ1) is 9.74. The summed E-state index contributed by atoms with van der Waals surface area (Å²) in [6, 6.07) is 0. The van der Waals surface area contributed by atoms with Crippen molar-refractivity contribution in [2.45, 2.75) is 40.0 Å². The number of allylic oxidation sites excluding steroid dienone is 1. The Labute approximate surface area is 65.3 Å². The van der Waals surface area contributed by atoms with Crippen LogP contribution < -0.4 is 0 Å². The minimum absolute atomic E-state index is 0.707. The van der Waals surface area contributed by atoms with E-state index in [0.29, 0.717) is 5.92 Å². The van der Waals surface area contributed by atoms with Crippen molar-refractivity contribution in [1.82, 2.24) is 0 Å². The van der Waals surface area contributed by atoms with E-state index < -0.39 is 0 Å². The Kier molecular flexibility index (Phi) is 5.38. The van der Waals surface area contributed by atoms with Gasteiger partial charge >= 0.3 is 0 Å². The van der Waals surface area contributed by atoms with Gasteiger partial charge in [0.2, 0.25) is 0 Å². The lowest BCUT2D eigenvalue weighted by molar-refractivity contribution is 0.502. The fourth-order valence-corrected chi connectivity index (χ4v) is 0.966. The van der Waals surface area contributed by atoms with Gasteiger partial charge < -0.3 is 0 Å². The van der Waals surface area contributed by atoms with Crippen LogP contribution in [0.5, 0.6) is 0 Å². The highest BCUT2D eigenvalue weighted by molar-refractivity contribution is 4.74. The molecule has 0 aliphatic heterocycles. The molecular weight excluding hydrogens is 120 g/mol. The van der Waals surface area contributed by atoms with Gasteiger partial charge in [0.1, 0.15) is 0 Å². The lowest BCUT2D eigenvalue weighted by Gasteiger charge is -2.06. The quantitative estimate of drug-likeness (QED) is 0.511. The monoisotopic (exact) mass is 140 g/mol. The zero-order valence-corrected chi connectivity index (χ0v) is 7.56. The van der Waals surface area contributed by atoms with E-state index in [1.165, 1.54) is 19.3 Å². The third-order valence-electron chi connectivity index (χ3n) is 1.84. The molecule has 0 N–H and O–H groups in total. The normalized spacial score (nSPS) is 13.6. The lowest BCUT2D eigenvalue weighted by Crippen LogP contribution is -1.92. The summed E-state index contributed by atoms with van der Waals surface area (Å²) in [6.45, 7) is 10.5. The van der Waals surface area contributed by atoms with Gasteiger partial charge in [0.25, 0.3) is 0 Å². The molecule has 0 aromatic carbocycles. The molecule has 1 atom stereocenters. The molecule has 0 aromatic heterocycles. The molecule has 0 nitrogen and oxygen atoms in total. The molecule has 0 rings (SSSR count). The Morgan fingerprint density at radius 1 is 1.20 bits per heavy atom. The maximum Gasteiger partial charge on any atom is -0.0265 e. The van der Waals surface area contributed by atoms with Gasteiger partial charge in [0, 0.05) is 0 Å². The molecule has 0 radical (unpaired) electrons. The predicted octanol–water partition coefficient (Wildman–Crippen LogP) is 3.63. The number of rotatable bonds is 5. The van der Waals surface area contributed by atoms with Gasteiger partial charge in [-0.15, -0.1) is 6.58 Å². The summed E-state index contributed by atoms with van der Waals surface area (Å²) in [7, 11) is 0. The first-order valence-electron chi connectivity index (χ1n) is 4.29. The summed E-state index contributed by atoms with van der Waals surface area (Å²) in [5.41, 5.74) is 0. The Balaban J connectivity index is 3.11. The molecular formula is C10H20. The highest BCUT2D eigenvalue weighted by atomic mass is 14.0. The zero-order chi connectivity index (χ0) is 7.98. The highest BCUT2D eigenvalue weighted by Gasteiger charge is 1.97. The van der Waals surface area contributed by atoms with E-state index in [9.17, 15) is 0 Å². The van der Waals surface area contributed by atoms with E-state index in [4.69, 9.17) is 0 Å². The minimum Gasteiger partial charge on any atom is -0.103 e. The standard InChI is InChI=1S/C10H20/c1-5-10(4)8-6-7-9(2)3/h5,9-10H,1,6-8H2,2-4H3/t10-/m0/s1. The molecule has 0 aliphatic rings. The third-order valence-corrected chi connectivity index (χ3v) is 1.84. The lowest BCUT2D eigenvalue weighted by atomic mass is 10.00. The second-order valence-corrected chi connectivity index (χ2v) is 3.54. The van der Waals surface area contributed by atoms with Crippen molar-refractivity contribution >= 4 is 0 Å². The maximum absolute atomic E-state index is 3.76. The summed E-state index contributed by atoms with van der Waals surface area (Å²) in [4.78, 5) is 0. The van der Waals surface area contributed by atoms with Gasteiger partial charge in [0.05, 0.1) is 0 Å². The van der Waals surface area contributed by atoms with Gasteiger partial charge in [0.15, 0.2) is 0 Å². The molecule has 0 heterocycles. The van der Waals surface area contributed by atoms with Crippen LogP contribution in [0.1, 0.15) is 40.0 Å². The molecule has 0 fully saturated rings. The van der Waals surface area contributed by atoms with Gasteiger partial charge in [-0.1, -0.05) is 39.7 Å². The molecule has 0 unspecified atom stereocenters. The Morgan fingerprint density at radius 3 is 2.20 bits per heavy atom. The van der Waals surface area contributed by atoms with E-state index in [2.05, 4.69) is 27.4 Å². The summed E-state index contributed by atoms with van der Waals surface area (Å²) >= 11 is 0. The second-order valence-electron chi connectivity index (χ2n) is 3.54. The van der Waals surface area contributed by atoms with Crippen molar-refractivity contribution < 1.29 is 0 Å². The van der Waals surface area contributed by atoms with Crippen LogP contribution >= 0.6 is 0 Å². The van der Waals surface area contributed by atoms with Crippen LogP contribution in [0.3, 0.4) is 0 Å². The van der Waals surface area contributed by atoms with Crippen LogP contribution in [0.4, 0.5) is 0 Å². The minimum atomic E-state index is 0.707. The molecule has 0 heteroatoms. The van der Waals surface area contributed by atoms with Gasteiger partial charge in [-0.3, -0.25) is 0 Å². The first-order chi connectivity index (χ1) is 4.66. The molecule has 0 spiro atoms. The fourth-order valence-electron chi connectivity index (χ4n) is 0.966. The van der Waals surface area contributed by atoms with Gasteiger partial charge in [-0.25, -0.2) is 0 Å². The van der Waals surface area contributed by atoms with E-state index in [1.807, 2.05) is 6.08 Å². The maximum atomic E-state index is 3.76. The van der Waals surface area contributed by atoms with Crippen molar-refractivity contribution in [3.05, 3.63) is 12.7 Å². The molecule has 0 saturated heterocycles. The van der Waals surface area contributed by atoms with Crippen LogP contribution in [-0.2, 0) is 0 Å². The van der Waals surface area contributed by atoms with E-state index in [1.54, 1.807) is 0 Å². The topological polar surface area (TPSA) is 0 Å². The van der Waals surface area contributed by atoms with Gasteiger partial charge in [-0.05, 0) is 18.3 Å². The number of hydrogen-bond acceptors (Lipinski definition) is 0. The predicted molar refractivity (Wildman–Crippen MR) is 48.1 cm³/mol. The smallest absolute Gasteiger partial charge is 0.0265 e. The largest absolute Gasteiger partial charge is 0.103 e. The van der Waals surface area contributed by atoms with Crippen molar-refractivity contribution in [2.24, 2.45) is 11.8 Å². The zero-order valence-electron chi connectivity index (χ0n) is 7.56. The van der Waals surface area contributed by atoms with E-state index in [0.717, 1.165) is 5.92 Å². The van der Waals surface area contributed by atoms with Crippen molar-refractivity contribution in [3.8, 4) is 0 Å². The van der Waals surface area contributed by atoms with Crippen LogP contribution in [0, 0.1) is 11.8 Å². The number of hydrogen-bond donors (Lipinski definition) is 0. The third kappa shape index (κ3) is 5.87. The molecule has 0 aromatic rings. The Morgan fingerprint density at radius 2 is 1.80 bits per heavy atom. The molecule has 0 saturated carbocycles. The Hall–Kier alpha value is -0.260. The van der Waals surface area contributed by atoms with Crippen LogP contribution in [0.2, 0.25) is 0 Å². The molecule has 10 heavy (non-hydrogen) atoms. The van der Waals surface area contributed by atoms with Crippen molar-refractivity contribution in [1.29, 1.82) is 0 Å². The van der Waals surface area contributed by atoms with Crippen LogP contribution in [-0.4, -0.2) is 0 Å². The Bertz CT molecular complexity index is 82.0. The second kappa shape index (κ2) is 5.52.